The van der Waals surface area contributed by atoms with Crippen molar-refractivity contribution in [2.45, 2.75) is 0 Å². The molecule has 0 amide bonds. The second-order valence-corrected chi connectivity index (χ2v) is 5.29. The Morgan fingerprint density at radius 3 is 2.55 bits per heavy atom. The van der Waals surface area contributed by atoms with Gasteiger partial charge in [-0.2, -0.15) is 0 Å². The van der Waals surface area contributed by atoms with Gasteiger partial charge in [-0.25, -0.2) is 0 Å². The van der Waals surface area contributed by atoms with Crippen molar-refractivity contribution in [1.82, 2.24) is 4.57 Å². The van der Waals surface area contributed by atoms with Crippen molar-refractivity contribution in [1.29, 1.82) is 0 Å². The van der Waals surface area contributed by atoms with Gasteiger partial charge in [-0.15, -0.1) is 0 Å². The topological polar surface area (TPSA) is 17.3 Å². The summed E-state index contributed by atoms with van der Waals surface area (Å²) >= 11 is 3.50. The minimum atomic E-state index is 0.953. The fourth-order valence-corrected chi connectivity index (χ4v) is 2.40. The smallest absolute Gasteiger partial charge is 0.0639 e. The number of para-hydroxylation sites is 1. The summed E-state index contributed by atoms with van der Waals surface area (Å²) in [5, 5.41) is 0. The van der Waals surface area contributed by atoms with Crippen LogP contribution in [-0.4, -0.2) is 10.8 Å². The van der Waals surface area contributed by atoms with E-state index < -0.39 is 0 Å². The molecule has 0 saturated carbocycles. The Kier molecular flexibility index (Phi) is 3.79. The van der Waals surface area contributed by atoms with Crippen LogP contribution in [0.1, 0.15) is 5.69 Å². The van der Waals surface area contributed by atoms with Crippen LogP contribution in [0.5, 0.6) is 0 Å². The normalized spacial score (nSPS) is 11.1. The molecule has 0 fully saturated rings. The van der Waals surface area contributed by atoms with Gasteiger partial charge in [0.25, 0.3) is 0 Å². The van der Waals surface area contributed by atoms with Crippen molar-refractivity contribution in [2.24, 2.45) is 4.99 Å². The SMILES string of the molecule is Brc1cccc(-n2cccc2C=Nc2ccccc2)c1. The Morgan fingerprint density at radius 2 is 1.75 bits per heavy atom. The zero-order valence-corrected chi connectivity index (χ0v) is 12.4. The van der Waals surface area contributed by atoms with Gasteiger partial charge in [-0.05, 0) is 42.5 Å². The Hall–Kier alpha value is -2.13. The molecule has 0 saturated heterocycles. The maximum absolute atomic E-state index is 4.50. The van der Waals surface area contributed by atoms with Crippen LogP contribution in [0.25, 0.3) is 5.69 Å². The molecule has 0 aliphatic carbocycles. The molecular weight excluding hydrogens is 312 g/mol. The van der Waals surface area contributed by atoms with Gasteiger partial charge in [0.15, 0.2) is 0 Å². The van der Waals surface area contributed by atoms with E-state index in [9.17, 15) is 0 Å². The minimum Gasteiger partial charge on any atom is -0.316 e. The first kappa shape index (κ1) is 12.9. The van der Waals surface area contributed by atoms with E-state index in [-0.39, 0.29) is 0 Å². The zero-order valence-electron chi connectivity index (χ0n) is 10.8. The summed E-state index contributed by atoms with van der Waals surface area (Å²) < 4.78 is 3.17. The van der Waals surface area contributed by atoms with E-state index >= 15 is 0 Å². The summed E-state index contributed by atoms with van der Waals surface area (Å²) in [6.45, 7) is 0. The highest BCUT2D eigenvalue weighted by atomic mass is 79.9. The van der Waals surface area contributed by atoms with Crippen molar-refractivity contribution in [3.05, 3.63) is 83.1 Å². The molecule has 0 spiro atoms. The summed E-state index contributed by atoms with van der Waals surface area (Å²) in [7, 11) is 0. The molecule has 3 rings (SSSR count). The highest BCUT2D eigenvalue weighted by Gasteiger charge is 2.01. The van der Waals surface area contributed by atoms with Crippen molar-refractivity contribution in [2.75, 3.05) is 0 Å². The van der Waals surface area contributed by atoms with Crippen molar-refractivity contribution in [3.63, 3.8) is 0 Å². The van der Waals surface area contributed by atoms with Crippen LogP contribution in [0.2, 0.25) is 0 Å². The van der Waals surface area contributed by atoms with E-state index in [0.29, 0.717) is 0 Å². The van der Waals surface area contributed by atoms with Gasteiger partial charge in [0, 0.05) is 16.4 Å². The van der Waals surface area contributed by atoms with E-state index in [1.807, 2.05) is 67.0 Å². The first-order chi connectivity index (χ1) is 9.83. The minimum absolute atomic E-state index is 0.953. The molecule has 3 aromatic rings. The van der Waals surface area contributed by atoms with E-state index in [4.69, 9.17) is 0 Å². The molecule has 0 N–H and O–H groups in total. The molecule has 0 atom stereocenters. The van der Waals surface area contributed by atoms with E-state index in [0.717, 1.165) is 21.5 Å². The van der Waals surface area contributed by atoms with Gasteiger partial charge in [-0.1, -0.05) is 40.2 Å². The predicted molar refractivity (Wildman–Crippen MR) is 87.2 cm³/mol. The molecule has 3 heteroatoms. The first-order valence-electron chi connectivity index (χ1n) is 6.35. The molecule has 2 nitrogen and oxygen atoms in total. The van der Waals surface area contributed by atoms with Crippen LogP contribution >= 0.6 is 15.9 Å². The maximum atomic E-state index is 4.50. The second kappa shape index (κ2) is 5.88. The fourth-order valence-electron chi connectivity index (χ4n) is 2.02. The Bertz CT molecular complexity index is 730. The third-order valence-electron chi connectivity index (χ3n) is 2.97. The number of aliphatic imine (C=N–C) groups is 1. The quantitative estimate of drug-likeness (QED) is 0.604. The number of rotatable bonds is 3. The number of nitrogens with zero attached hydrogens (tertiary/aromatic N) is 2. The molecule has 20 heavy (non-hydrogen) atoms. The fraction of sp³-hybridized carbons (Fsp3) is 0. The molecule has 0 unspecified atom stereocenters. The average molecular weight is 325 g/mol. The molecule has 0 aliphatic rings. The second-order valence-electron chi connectivity index (χ2n) is 4.38. The number of hydrogen-bond acceptors (Lipinski definition) is 1. The third kappa shape index (κ3) is 2.89. The standard InChI is InChI=1S/C17H13BrN2/c18-14-6-4-9-16(12-14)20-11-5-10-17(20)13-19-15-7-2-1-3-8-15/h1-13H. The van der Waals surface area contributed by atoms with Crippen molar-refractivity contribution in [3.8, 4) is 5.69 Å². The highest BCUT2D eigenvalue weighted by Crippen LogP contribution is 2.18. The summed E-state index contributed by atoms with van der Waals surface area (Å²) in [5.41, 5.74) is 3.11. The van der Waals surface area contributed by atoms with Crippen LogP contribution in [0, 0.1) is 0 Å². The molecule has 0 radical (unpaired) electrons. The Labute approximate surface area is 126 Å². The lowest BCUT2D eigenvalue weighted by molar-refractivity contribution is 1.07. The lowest BCUT2D eigenvalue weighted by atomic mass is 10.3. The maximum Gasteiger partial charge on any atom is 0.0639 e. The lowest BCUT2D eigenvalue weighted by Crippen LogP contribution is -1.97. The number of aromatic nitrogens is 1. The van der Waals surface area contributed by atoms with Crippen LogP contribution in [-0.2, 0) is 0 Å². The Morgan fingerprint density at radius 1 is 0.900 bits per heavy atom. The van der Waals surface area contributed by atoms with Crippen molar-refractivity contribution < 1.29 is 0 Å². The van der Waals surface area contributed by atoms with Gasteiger partial charge in [0.1, 0.15) is 0 Å². The molecule has 2 aromatic carbocycles. The average Bonchev–Trinajstić information content (AvgIpc) is 2.95. The Balaban J connectivity index is 1.93. The van der Waals surface area contributed by atoms with Crippen LogP contribution in [0.4, 0.5) is 5.69 Å². The largest absolute Gasteiger partial charge is 0.316 e. The summed E-state index contributed by atoms with van der Waals surface area (Å²) in [6.07, 6.45) is 3.92. The number of benzene rings is 2. The highest BCUT2D eigenvalue weighted by molar-refractivity contribution is 9.10. The molecule has 0 bridgehead atoms. The predicted octanol–water partition coefficient (Wildman–Crippen LogP) is 4.99. The molecule has 0 aliphatic heterocycles. The third-order valence-corrected chi connectivity index (χ3v) is 3.46. The van der Waals surface area contributed by atoms with Crippen LogP contribution < -0.4 is 0 Å². The monoisotopic (exact) mass is 324 g/mol. The number of halogens is 1. The lowest BCUT2D eigenvalue weighted by Gasteiger charge is -2.06. The molecule has 1 heterocycles. The summed E-state index contributed by atoms with van der Waals surface area (Å²) in [5.74, 6) is 0. The first-order valence-corrected chi connectivity index (χ1v) is 7.15. The van der Waals surface area contributed by atoms with Crippen molar-refractivity contribution >= 4 is 27.8 Å². The van der Waals surface area contributed by atoms with Gasteiger partial charge < -0.3 is 4.57 Å². The van der Waals surface area contributed by atoms with E-state index in [1.54, 1.807) is 0 Å². The van der Waals surface area contributed by atoms with E-state index in [1.165, 1.54) is 0 Å². The van der Waals surface area contributed by atoms with E-state index in [2.05, 4.69) is 37.6 Å². The van der Waals surface area contributed by atoms with Gasteiger partial charge in [-0.3, -0.25) is 4.99 Å². The van der Waals surface area contributed by atoms with Gasteiger partial charge in [0.2, 0.25) is 0 Å². The number of hydrogen-bond donors (Lipinski definition) is 0. The summed E-state index contributed by atoms with van der Waals surface area (Å²) in [4.78, 5) is 4.50. The van der Waals surface area contributed by atoms with Gasteiger partial charge in [0.05, 0.1) is 17.6 Å². The van der Waals surface area contributed by atoms with Crippen LogP contribution in [0.15, 0.2) is 82.4 Å². The van der Waals surface area contributed by atoms with Gasteiger partial charge >= 0.3 is 0 Å². The molecule has 1 aromatic heterocycles. The zero-order chi connectivity index (χ0) is 13.8. The van der Waals surface area contributed by atoms with Crippen LogP contribution in [0.3, 0.4) is 0 Å². The molecular formula is C17H13BrN2. The summed E-state index contributed by atoms with van der Waals surface area (Å²) in [6, 6.07) is 22.2. The molecule has 98 valence electrons.